The van der Waals surface area contributed by atoms with Crippen molar-refractivity contribution in [1.29, 1.82) is 0 Å². The lowest BCUT2D eigenvalue weighted by Crippen LogP contribution is -2.44. The average molecular weight is 224 g/mol. The Hall–Kier alpha value is -0.860. The van der Waals surface area contributed by atoms with Gasteiger partial charge in [0, 0.05) is 17.5 Å². The molecule has 0 saturated heterocycles. The summed E-state index contributed by atoms with van der Waals surface area (Å²) in [5.41, 5.74) is 3.56. The van der Waals surface area contributed by atoms with E-state index in [2.05, 4.69) is 31.3 Å². The molecule has 0 aromatic heterocycles. The van der Waals surface area contributed by atoms with Crippen LogP contribution in [0.5, 0.6) is 0 Å². The zero-order valence-corrected chi connectivity index (χ0v) is 11.2. The van der Waals surface area contributed by atoms with Crippen LogP contribution in [0.15, 0.2) is 5.10 Å². The minimum absolute atomic E-state index is 0.0301. The molecule has 1 aliphatic heterocycles. The van der Waals surface area contributed by atoms with Crippen LogP contribution in [-0.2, 0) is 4.79 Å². The van der Waals surface area contributed by atoms with Crippen molar-refractivity contribution in [3.63, 3.8) is 0 Å². The third kappa shape index (κ3) is 2.83. The van der Waals surface area contributed by atoms with E-state index >= 15 is 0 Å². The molecule has 92 valence electrons. The van der Waals surface area contributed by atoms with Gasteiger partial charge in [0.2, 0.25) is 5.91 Å². The molecule has 1 N–H and O–H groups in total. The molecule has 16 heavy (non-hydrogen) atoms. The zero-order chi connectivity index (χ0) is 12.4. The van der Waals surface area contributed by atoms with Gasteiger partial charge < -0.3 is 0 Å². The first-order valence-corrected chi connectivity index (χ1v) is 6.17. The summed E-state index contributed by atoms with van der Waals surface area (Å²) in [5, 5.41) is 4.25. The van der Waals surface area contributed by atoms with Gasteiger partial charge in [-0.15, -0.1) is 0 Å². The third-order valence-electron chi connectivity index (χ3n) is 3.45. The van der Waals surface area contributed by atoms with Crippen LogP contribution in [0.4, 0.5) is 0 Å². The van der Waals surface area contributed by atoms with Crippen LogP contribution >= 0.6 is 0 Å². The summed E-state index contributed by atoms with van der Waals surface area (Å²) in [6, 6.07) is 0. The number of amides is 1. The summed E-state index contributed by atoms with van der Waals surface area (Å²) in [6.45, 7) is 10.6. The Morgan fingerprint density at radius 3 is 2.56 bits per heavy atom. The van der Waals surface area contributed by atoms with E-state index in [1.54, 1.807) is 0 Å². The first kappa shape index (κ1) is 13.2. The molecule has 1 rings (SSSR count). The fourth-order valence-electron chi connectivity index (χ4n) is 1.96. The maximum atomic E-state index is 11.6. The molecule has 0 aromatic rings. The second-order valence-corrected chi connectivity index (χ2v) is 6.05. The normalized spacial score (nSPS) is 20.3. The van der Waals surface area contributed by atoms with Gasteiger partial charge in [0.25, 0.3) is 0 Å². The molecular weight excluding hydrogens is 200 g/mol. The molecule has 1 heterocycles. The molecule has 0 aliphatic carbocycles. The smallest absolute Gasteiger partial charge is 0.246 e. The Labute approximate surface area is 98.7 Å². The Bertz CT molecular complexity index is 303. The van der Waals surface area contributed by atoms with Crippen LogP contribution in [0.1, 0.15) is 60.3 Å². The lowest BCUT2D eigenvalue weighted by atomic mass is 9.74. The van der Waals surface area contributed by atoms with E-state index in [1.165, 1.54) is 12.8 Å². The van der Waals surface area contributed by atoms with Gasteiger partial charge in [-0.1, -0.05) is 47.5 Å². The SMILES string of the molecule is CCCCC(C)(C)C1=NNC(=O)C(C)(C)C1. The number of nitrogens with zero attached hydrogens (tertiary/aromatic N) is 1. The minimum atomic E-state index is -0.319. The summed E-state index contributed by atoms with van der Waals surface area (Å²) < 4.78 is 0. The quantitative estimate of drug-likeness (QED) is 0.783. The Morgan fingerprint density at radius 2 is 2.06 bits per heavy atom. The predicted molar refractivity (Wildman–Crippen MR) is 67.3 cm³/mol. The molecule has 0 aromatic carbocycles. The van der Waals surface area contributed by atoms with E-state index < -0.39 is 0 Å². The van der Waals surface area contributed by atoms with E-state index in [-0.39, 0.29) is 16.7 Å². The van der Waals surface area contributed by atoms with Crippen LogP contribution < -0.4 is 5.43 Å². The molecule has 0 spiro atoms. The highest BCUT2D eigenvalue weighted by atomic mass is 16.2. The first-order chi connectivity index (χ1) is 7.29. The van der Waals surface area contributed by atoms with Crippen LogP contribution in [-0.4, -0.2) is 11.6 Å². The Kier molecular flexibility index (Phi) is 3.76. The van der Waals surface area contributed by atoms with Crippen molar-refractivity contribution in [3.05, 3.63) is 0 Å². The van der Waals surface area contributed by atoms with E-state index in [1.807, 2.05) is 13.8 Å². The summed E-state index contributed by atoms with van der Waals surface area (Å²) in [5.74, 6) is 0.0301. The molecule has 0 atom stereocenters. The standard InChI is InChI=1S/C13H24N2O/c1-6-7-8-12(2,3)10-9-13(4,5)11(16)15-14-10/h6-9H2,1-5H3,(H,15,16). The van der Waals surface area contributed by atoms with Gasteiger partial charge >= 0.3 is 0 Å². The lowest BCUT2D eigenvalue weighted by Gasteiger charge is -2.35. The van der Waals surface area contributed by atoms with Crippen molar-refractivity contribution in [3.8, 4) is 0 Å². The molecule has 0 radical (unpaired) electrons. The fourth-order valence-corrected chi connectivity index (χ4v) is 1.96. The lowest BCUT2D eigenvalue weighted by molar-refractivity contribution is -0.129. The molecule has 3 heteroatoms. The molecule has 0 bridgehead atoms. The maximum absolute atomic E-state index is 11.6. The number of unbranched alkanes of at least 4 members (excludes halogenated alkanes) is 1. The number of rotatable bonds is 4. The molecular formula is C13H24N2O. The fraction of sp³-hybridized carbons (Fsp3) is 0.846. The van der Waals surface area contributed by atoms with Gasteiger partial charge in [0.15, 0.2) is 0 Å². The van der Waals surface area contributed by atoms with E-state index in [4.69, 9.17) is 0 Å². The van der Waals surface area contributed by atoms with Crippen LogP contribution in [0.3, 0.4) is 0 Å². The van der Waals surface area contributed by atoms with Gasteiger partial charge in [-0.25, -0.2) is 5.43 Å². The number of nitrogens with one attached hydrogen (secondary N) is 1. The van der Waals surface area contributed by atoms with Gasteiger partial charge in [0.05, 0.1) is 5.41 Å². The van der Waals surface area contributed by atoms with Crippen LogP contribution in [0, 0.1) is 10.8 Å². The van der Waals surface area contributed by atoms with Crippen molar-refractivity contribution >= 4 is 11.6 Å². The van der Waals surface area contributed by atoms with Crippen LogP contribution in [0.25, 0.3) is 0 Å². The van der Waals surface area contributed by atoms with E-state index in [0.29, 0.717) is 0 Å². The maximum Gasteiger partial charge on any atom is 0.246 e. The monoisotopic (exact) mass is 224 g/mol. The zero-order valence-electron chi connectivity index (χ0n) is 11.2. The summed E-state index contributed by atoms with van der Waals surface area (Å²) in [6.07, 6.45) is 4.32. The first-order valence-electron chi connectivity index (χ1n) is 6.17. The highest BCUT2D eigenvalue weighted by Gasteiger charge is 2.37. The van der Waals surface area contributed by atoms with Crippen molar-refractivity contribution in [2.24, 2.45) is 15.9 Å². The predicted octanol–water partition coefficient (Wildman–Crippen LogP) is 3.10. The summed E-state index contributed by atoms with van der Waals surface area (Å²) in [4.78, 5) is 11.6. The van der Waals surface area contributed by atoms with Gasteiger partial charge in [-0.05, 0) is 6.42 Å². The molecule has 0 unspecified atom stereocenters. The molecule has 3 nitrogen and oxygen atoms in total. The summed E-state index contributed by atoms with van der Waals surface area (Å²) >= 11 is 0. The number of carbonyl (C=O) groups excluding carboxylic acids is 1. The van der Waals surface area contributed by atoms with Gasteiger partial charge in [0.1, 0.15) is 0 Å². The van der Waals surface area contributed by atoms with E-state index in [0.717, 1.165) is 18.6 Å². The minimum Gasteiger partial charge on any atom is -0.273 e. The van der Waals surface area contributed by atoms with Crippen molar-refractivity contribution in [2.75, 3.05) is 0 Å². The van der Waals surface area contributed by atoms with Crippen molar-refractivity contribution in [1.82, 2.24) is 5.43 Å². The largest absolute Gasteiger partial charge is 0.273 e. The highest BCUT2D eigenvalue weighted by Crippen LogP contribution is 2.34. The topological polar surface area (TPSA) is 41.5 Å². The number of hydrogen-bond acceptors (Lipinski definition) is 2. The third-order valence-corrected chi connectivity index (χ3v) is 3.45. The molecule has 1 amide bonds. The average Bonchev–Trinajstić information content (AvgIpc) is 2.19. The number of hydrazone groups is 1. The Balaban J connectivity index is 2.78. The van der Waals surface area contributed by atoms with E-state index in [9.17, 15) is 4.79 Å². The highest BCUT2D eigenvalue weighted by molar-refractivity contribution is 5.98. The Morgan fingerprint density at radius 1 is 1.44 bits per heavy atom. The molecule has 0 fully saturated rings. The molecule has 1 aliphatic rings. The summed E-state index contributed by atoms with van der Waals surface area (Å²) in [7, 11) is 0. The van der Waals surface area contributed by atoms with Crippen molar-refractivity contribution in [2.45, 2.75) is 60.3 Å². The second kappa shape index (κ2) is 4.56. The van der Waals surface area contributed by atoms with Crippen molar-refractivity contribution < 1.29 is 4.79 Å². The van der Waals surface area contributed by atoms with Crippen LogP contribution in [0.2, 0.25) is 0 Å². The van der Waals surface area contributed by atoms with Gasteiger partial charge in [-0.3, -0.25) is 4.79 Å². The molecule has 0 saturated carbocycles. The number of hydrogen-bond donors (Lipinski definition) is 1. The van der Waals surface area contributed by atoms with Gasteiger partial charge in [-0.2, -0.15) is 5.10 Å². The second-order valence-electron chi connectivity index (χ2n) is 6.05. The number of carbonyl (C=O) groups is 1.